The van der Waals surface area contributed by atoms with E-state index in [1.807, 2.05) is 0 Å². The molecule has 188 valence electrons. The molecule has 0 aromatic heterocycles. The first-order valence-electron chi connectivity index (χ1n) is 11.3. The van der Waals surface area contributed by atoms with Crippen LogP contribution in [-0.4, -0.2) is 66.9 Å². The molecule has 1 heterocycles. The van der Waals surface area contributed by atoms with Crippen molar-refractivity contribution < 1.29 is 33.7 Å². The van der Waals surface area contributed by atoms with Gasteiger partial charge in [0.05, 0.1) is 18.7 Å². The number of nitrogens with one attached hydrogen (secondary N) is 1. The summed E-state index contributed by atoms with van der Waals surface area (Å²) < 4.78 is 16.7. The highest BCUT2D eigenvalue weighted by atomic mass is 16.6. The molecule has 33 heavy (non-hydrogen) atoms. The zero-order valence-electron chi connectivity index (χ0n) is 19.9. The molecule has 0 unspecified atom stereocenters. The molecule has 1 aliphatic rings. The van der Waals surface area contributed by atoms with E-state index in [4.69, 9.17) is 25.7 Å². The molecule has 1 amide bonds. The van der Waals surface area contributed by atoms with Gasteiger partial charge in [0.15, 0.2) is 5.96 Å². The second kappa shape index (κ2) is 14.4. The number of nitrogens with two attached hydrogens (primary N) is 2. The predicted octanol–water partition coefficient (Wildman–Crippen LogP) is 1.06. The van der Waals surface area contributed by atoms with Crippen molar-refractivity contribution in [3.05, 3.63) is 11.8 Å². The molecule has 0 aliphatic carbocycles. The zero-order valence-corrected chi connectivity index (χ0v) is 19.9. The van der Waals surface area contributed by atoms with Gasteiger partial charge >= 0.3 is 11.9 Å². The van der Waals surface area contributed by atoms with Gasteiger partial charge in [0, 0.05) is 26.4 Å². The third kappa shape index (κ3) is 9.68. The van der Waals surface area contributed by atoms with Gasteiger partial charge in [-0.1, -0.05) is 39.5 Å². The highest BCUT2D eigenvalue weighted by Crippen LogP contribution is 2.28. The highest BCUT2D eigenvalue weighted by molar-refractivity contribution is 5.85. The van der Waals surface area contributed by atoms with Crippen LogP contribution in [0.25, 0.3) is 0 Å². The Balaban J connectivity index is 2.94. The summed E-state index contributed by atoms with van der Waals surface area (Å²) >= 11 is 0. The van der Waals surface area contributed by atoms with E-state index in [1.54, 1.807) is 6.92 Å². The summed E-state index contributed by atoms with van der Waals surface area (Å²) in [7, 11) is 1.43. The minimum absolute atomic E-state index is 0.0397. The molecule has 0 aromatic rings. The van der Waals surface area contributed by atoms with Crippen molar-refractivity contribution in [2.75, 3.05) is 13.7 Å². The molecule has 0 fully saturated rings. The molecular formula is C22H38N4O7. The van der Waals surface area contributed by atoms with Gasteiger partial charge in [0.25, 0.3) is 0 Å². The summed E-state index contributed by atoms with van der Waals surface area (Å²) in [6.45, 7) is 5.26. The van der Waals surface area contributed by atoms with Crippen molar-refractivity contribution in [3.63, 3.8) is 0 Å². The summed E-state index contributed by atoms with van der Waals surface area (Å²) in [6.07, 6.45) is 4.98. The number of carbonyl (C=O) groups is 3. The minimum Gasteiger partial charge on any atom is -0.478 e. The predicted molar refractivity (Wildman–Crippen MR) is 122 cm³/mol. The summed E-state index contributed by atoms with van der Waals surface area (Å²) in [6, 6.07) is -1.70. The number of carboxylic acids is 1. The van der Waals surface area contributed by atoms with Crippen molar-refractivity contribution in [2.45, 2.75) is 83.6 Å². The SMILES string of the molecule is CCCCCCCC(=O)OC[C@@H](C)[C@@H](OC)[C@@H]1OC(C(=O)O)=C[C@H](N=C(N)N)[C@H]1NC(C)=O. The van der Waals surface area contributed by atoms with E-state index < -0.39 is 30.3 Å². The summed E-state index contributed by atoms with van der Waals surface area (Å²) in [5.74, 6) is -3.02. The van der Waals surface area contributed by atoms with E-state index in [2.05, 4.69) is 17.2 Å². The van der Waals surface area contributed by atoms with Crippen LogP contribution in [0.5, 0.6) is 0 Å². The Bertz CT molecular complexity index is 722. The number of aliphatic imine (C=N–C) groups is 1. The van der Waals surface area contributed by atoms with Crippen molar-refractivity contribution in [1.29, 1.82) is 0 Å². The highest BCUT2D eigenvalue weighted by Gasteiger charge is 2.44. The number of guanidine groups is 1. The molecule has 0 bridgehead atoms. The average molecular weight is 471 g/mol. The van der Waals surface area contributed by atoms with Gasteiger partial charge in [-0.25, -0.2) is 9.79 Å². The average Bonchev–Trinajstić information content (AvgIpc) is 2.73. The second-order valence-electron chi connectivity index (χ2n) is 8.21. The number of esters is 1. The van der Waals surface area contributed by atoms with E-state index >= 15 is 0 Å². The van der Waals surface area contributed by atoms with Gasteiger partial charge in [-0.05, 0) is 12.5 Å². The van der Waals surface area contributed by atoms with Crippen molar-refractivity contribution in [1.82, 2.24) is 5.32 Å². The maximum absolute atomic E-state index is 12.1. The molecule has 6 N–H and O–H groups in total. The van der Waals surface area contributed by atoms with Crippen LogP contribution in [0, 0.1) is 5.92 Å². The number of amides is 1. The van der Waals surface area contributed by atoms with Crippen LogP contribution in [-0.2, 0) is 28.6 Å². The number of unbranched alkanes of at least 4 members (excludes halogenated alkanes) is 4. The number of methoxy groups -OCH3 is 1. The normalized spacial score (nSPS) is 21.7. The Hall–Kier alpha value is -2.82. The van der Waals surface area contributed by atoms with Crippen LogP contribution in [0.3, 0.4) is 0 Å². The van der Waals surface area contributed by atoms with Crippen LogP contribution >= 0.6 is 0 Å². The molecule has 5 atom stereocenters. The van der Waals surface area contributed by atoms with Crippen molar-refractivity contribution >= 4 is 23.8 Å². The van der Waals surface area contributed by atoms with E-state index in [0.717, 1.165) is 32.1 Å². The lowest BCUT2D eigenvalue weighted by Gasteiger charge is -2.40. The number of carbonyl (C=O) groups excluding carboxylic acids is 2. The number of nitrogens with zero attached hydrogens (tertiary/aromatic N) is 1. The van der Waals surface area contributed by atoms with Gasteiger partial charge < -0.3 is 36.1 Å². The molecule has 1 rings (SSSR count). The standard InChI is InChI=1S/C22H38N4O7/c1-5-6-7-8-9-10-17(28)32-12-13(2)19(31-4)20-18(25-14(3)27)15(26-22(23)24)11-16(33-20)21(29)30/h11,13,15,18-20H,5-10,12H2,1-4H3,(H,25,27)(H,29,30)(H4,23,24,26)/t13-,15+,18-,19-,20-/m1/s1. The van der Waals surface area contributed by atoms with Crippen LogP contribution in [0.15, 0.2) is 16.8 Å². The van der Waals surface area contributed by atoms with Crippen molar-refractivity contribution in [3.8, 4) is 0 Å². The van der Waals surface area contributed by atoms with Gasteiger partial charge in [-0.3, -0.25) is 9.59 Å². The third-order valence-electron chi connectivity index (χ3n) is 5.33. The maximum Gasteiger partial charge on any atom is 0.370 e. The molecule has 0 spiro atoms. The summed E-state index contributed by atoms with van der Waals surface area (Å²) in [4.78, 5) is 39.6. The van der Waals surface area contributed by atoms with Gasteiger partial charge in [-0.15, -0.1) is 0 Å². The smallest absolute Gasteiger partial charge is 0.370 e. The number of hydrogen-bond acceptors (Lipinski definition) is 7. The molecule has 0 aromatic carbocycles. The van der Waals surface area contributed by atoms with Gasteiger partial charge in [0.1, 0.15) is 12.2 Å². The Labute approximate surface area is 194 Å². The lowest BCUT2D eigenvalue weighted by molar-refractivity contribution is -0.151. The maximum atomic E-state index is 12.1. The molecule has 11 nitrogen and oxygen atoms in total. The Morgan fingerprint density at radius 3 is 2.45 bits per heavy atom. The first-order valence-corrected chi connectivity index (χ1v) is 11.3. The van der Waals surface area contributed by atoms with Gasteiger partial charge in [-0.2, -0.15) is 0 Å². The number of rotatable bonds is 14. The Kier molecular flexibility index (Phi) is 12.3. The first-order chi connectivity index (χ1) is 15.6. The fourth-order valence-corrected chi connectivity index (χ4v) is 3.75. The van der Waals surface area contributed by atoms with Crippen LogP contribution in [0.2, 0.25) is 0 Å². The second-order valence-corrected chi connectivity index (χ2v) is 8.21. The Morgan fingerprint density at radius 1 is 1.24 bits per heavy atom. The van der Waals surface area contributed by atoms with E-state index in [-0.39, 0.29) is 36.1 Å². The molecule has 1 aliphatic heterocycles. The topological polar surface area (TPSA) is 176 Å². The number of hydrogen-bond donors (Lipinski definition) is 4. The quantitative estimate of drug-likeness (QED) is 0.125. The third-order valence-corrected chi connectivity index (χ3v) is 5.33. The molecule has 0 saturated heterocycles. The van der Waals surface area contributed by atoms with Crippen LogP contribution < -0.4 is 16.8 Å². The van der Waals surface area contributed by atoms with Crippen LogP contribution in [0.4, 0.5) is 0 Å². The van der Waals surface area contributed by atoms with Crippen LogP contribution in [0.1, 0.15) is 59.3 Å². The van der Waals surface area contributed by atoms with E-state index in [0.29, 0.717) is 6.42 Å². The van der Waals surface area contributed by atoms with Gasteiger partial charge in [0.2, 0.25) is 11.7 Å². The van der Waals surface area contributed by atoms with E-state index in [1.165, 1.54) is 20.1 Å². The number of ether oxygens (including phenoxy) is 3. The lowest BCUT2D eigenvalue weighted by Crippen LogP contribution is -2.59. The summed E-state index contributed by atoms with van der Waals surface area (Å²) in [5.41, 5.74) is 11.0. The summed E-state index contributed by atoms with van der Waals surface area (Å²) in [5, 5.41) is 12.2. The number of carboxylic acid groups (broad SMARTS) is 1. The largest absolute Gasteiger partial charge is 0.478 e. The van der Waals surface area contributed by atoms with E-state index in [9.17, 15) is 19.5 Å². The minimum atomic E-state index is -1.31. The molecule has 11 heteroatoms. The first kappa shape index (κ1) is 28.2. The Morgan fingerprint density at radius 2 is 1.91 bits per heavy atom. The molecule has 0 saturated carbocycles. The fraction of sp³-hybridized carbons (Fsp3) is 0.727. The molecule has 0 radical (unpaired) electrons. The zero-order chi connectivity index (χ0) is 25.0. The molecular weight excluding hydrogens is 432 g/mol. The van der Waals surface area contributed by atoms with Crippen molar-refractivity contribution in [2.24, 2.45) is 22.4 Å². The lowest BCUT2D eigenvalue weighted by atomic mass is 9.89. The fourth-order valence-electron chi connectivity index (χ4n) is 3.75. The monoisotopic (exact) mass is 470 g/mol. The number of aliphatic carboxylic acids is 1.